The number of benzene rings is 1. The number of nitro groups is 1. The molecular formula is C23H24N4O4S. The number of methoxy groups -OCH3 is 1. The summed E-state index contributed by atoms with van der Waals surface area (Å²) in [5.41, 5.74) is 1.47. The molecular weight excluding hydrogens is 428 g/mol. The van der Waals surface area contributed by atoms with Gasteiger partial charge in [-0.05, 0) is 48.5 Å². The van der Waals surface area contributed by atoms with Crippen molar-refractivity contribution in [2.24, 2.45) is 5.92 Å². The molecule has 1 aliphatic heterocycles. The van der Waals surface area contributed by atoms with Crippen molar-refractivity contribution in [1.82, 2.24) is 15.2 Å². The molecule has 4 rings (SSSR count). The lowest BCUT2D eigenvalue weighted by molar-refractivity contribution is -0.384. The van der Waals surface area contributed by atoms with Crippen LogP contribution in [-0.2, 0) is 0 Å². The fourth-order valence-electron chi connectivity index (χ4n) is 3.96. The van der Waals surface area contributed by atoms with Crippen molar-refractivity contribution >= 4 is 23.0 Å². The lowest BCUT2D eigenvalue weighted by atomic mass is 10.0. The zero-order chi connectivity index (χ0) is 22.8. The fourth-order valence-corrected chi connectivity index (χ4v) is 4.27. The van der Waals surface area contributed by atoms with E-state index in [1.54, 1.807) is 12.3 Å². The Morgan fingerprint density at radius 1 is 1.28 bits per heavy atom. The van der Waals surface area contributed by atoms with Crippen molar-refractivity contribution in [3.05, 3.63) is 76.3 Å². The molecule has 1 aliphatic rings. The van der Waals surface area contributed by atoms with Gasteiger partial charge in [0.1, 0.15) is 23.3 Å². The number of ether oxygens (including phenoxy) is 1. The van der Waals surface area contributed by atoms with Gasteiger partial charge in [-0.25, -0.2) is 0 Å². The maximum Gasteiger partial charge on any atom is 0.273 e. The maximum atomic E-state index is 11.1. The van der Waals surface area contributed by atoms with Crippen LogP contribution in [0, 0.1) is 16.0 Å². The van der Waals surface area contributed by atoms with Crippen LogP contribution < -0.4 is 10.1 Å². The molecule has 3 heterocycles. The van der Waals surface area contributed by atoms with E-state index in [0.717, 1.165) is 18.0 Å². The van der Waals surface area contributed by atoms with Gasteiger partial charge in [0.2, 0.25) is 0 Å². The lowest BCUT2D eigenvalue weighted by Crippen LogP contribution is -2.32. The highest BCUT2D eigenvalue weighted by atomic mass is 32.1. The Kier molecular flexibility index (Phi) is 6.09. The van der Waals surface area contributed by atoms with Crippen molar-refractivity contribution in [2.45, 2.75) is 25.9 Å². The second kappa shape index (κ2) is 8.96. The Labute approximate surface area is 191 Å². The second-order valence-electron chi connectivity index (χ2n) is 8.02. The van der Waals surface area contributed by atoms with Crippen LogP contribution in [0.5, 0.6) is 5.75 Å². The summed E-state index contributed by atoms with van der Waals surface area (Å²) < 4.78 is 11.7. The average Bonchev–Trinajstić information content (AvgIpc) is 3.38. The minimum absolute atomic E-state index is 0.0407. The number of hydrogen-bond donors (Lipinski definition) is 1. The minimum Gasteiger partial charge on any atom is -0.496 e. The smallest absolute Gasteiger partial charge is 0.273 e. The molecule has 0 aliphatic carbocycles. The lowest BCUT2D eigenvalue weighted by Gasteiger charge is -2.27. The monoisotopic (exact) mass is 452 g/mol. The summed E-state index contributed by atoms with van der Waals surface area (Å²) in [7, 11) is 1.48. The highest BCUT2D eigenvalue weighted by molar-refractivity contribution is 7.80. The maximum absolute atomic E-state index is 11.1. The summed E-state index contributed by atoms with van der Waals surface area (Å²) in [6, 6.07) is 13.7. The number of pyridine rings is 1. The number of rotatable bonds is 7. The van der Waals surface area contributed by atoms with E-state index in [4.69, 9.17) is 21.4 Å². The molecule has 32 heavy (non-hydrogen) atoms. The van der Waals surface area contributed by atoms with Gasteiger partial charge >= 0.3 is 0 Å². The van der Waals surface area contributed by atoms with E-state index in [-0.39, 0.29) is 17.8 Å². The third kappa shape index (κ3) is 4.16. The predicted octanol–water partition coefficient (Wildman–Crippen LogP) is 4.89. The molecule has 2 aromatic heterocycles. The Bertz CT molecular complexity index is 1130. The van der Waals surface area contributed by atoms with E-state index in [1.807, 2.05) is 30.3 Å². The molecule has 0 saturated carbocycles. The zero-order valence-corrected chi connectivity index (χ0v) is 18.8. The third-order valence-electron chi connectivity index (χ3n) is 5.34. The fraction of sp³-hybridized carbons (Fsp3) is 0.304. The molecule has 8 nitrogen and oxygen atoms in total. The minimum atomic E-state index is -0.452. The van der Waals surface area contributed by atoms with Crippen LogP contribution in [0.15, 0.2) is 59.1 Å². The molecule has 1 N–H and O–H groups in total. The summed E-state index contributed by atoms with van der Waals surface area (Å²) in [6.45, 7) is 5.04. The molecule has 0 bridgehead atoms. The van der Waals surface area contributed by atoms with Crippen LogP contribution in [0.4, 0.5) is 5.69 Å². The van der Waals surface area contributed by atoms with Gasteiger partial charge in [0, 0.05) is 18.8 Å². The first kappa shape index (κ1) is 21.8. The number of nitro benzene ring substituents is 1. The first-order valence-electron chi connectivity index (χ1n) is 10.3. The van der Waals surface area contributed by atoms with Crippen molar-refractivity contribution in [2.75, 3.05) is 13.7 Å². The molecule has 0 unspecified atom stereocenters. The summed E-state index contributed by atoms with van der Waals surface area (Å²) in [5.74, 6) is 2.06. The predicted molar refractivity (Wildman–Crippen MR) is 124 cm³/mol. The number of nitrogens with one attached hydrogen (secondary N) is 1. The Balaban J connectivity index is 1.74. The number of furan rings is 1. The largest absolute Gasteiger partial charge is 0.496 e. The topological polar surface area (TPSA) is 93.7 Å². The van der Waals surface area contributed by atoms with Crippen LogP contribution >= 0.6 is 12.2 Å². The third-order valence-corrected chi connectivity index (χ3v) is 5.69. The summed E-state index contributed by atoms with van der Waals surface area (Å²) in [4.78, 5) is 17.3. The van der Waals surface area contributed by atoms with E-state index in [2.05, 4.69) is 29.0 Å². The molecule has 0 radical (unpaired) electrons. The summed E-state index contributed by atoms with van der Waals surface area (Å²) >= 11 is 5.65. The standard InChI is InChI=1S/C23H24N4O4S/c1-14(2)13-26-22(21(25-23(26)32)17-6-4-5-11-24-17)19-10-9-18(31-19)16-8-7-15(27(28)29)12-20(16)30-3/h4-12,14,21-22H,13H2,1-3H3,(H,25,32)/t21-,22+/m0/s1. The molecule has 3 aromatic rings. The molecule has 9 heteroatoms. The van der Waals surface area contributed by atoms with Gasteiger partial charge in [-0.3, -0.25) is 15.1 Å². The van der Waals surface area contributed by atoms with Crippen LogP contribution in [0.25, 0.3) is 11.3 Å². The summed E-state index contributed by atoms with van der Waals surface area (Å²) in [6.07, 6.45) is 1.76. The number of aromatic nitrogens is 1. The highest BCUT2D eigenvalue weighted by Gasteiger charge is 2.41. The molecule has 1 aromatic carbocycles. The number of hydrogen-bond acceptors (Lipinski definition) is 6. The van der Waals surface area contributed by atoms with Crippen LogP contribution in [-0.4, -0.2) is 33.6 Å². The quantitative estimate of drug-likeness (QED) is 0.308. The Hall–Kier alpha value is -3.46. The molecule has 1 fully saturated rings. The zero-order valence-electron chi connectivity index (χ0n) is 18.0. The van der Waals surface area contributed by atoms with Crippen molar-refractivity contribution in [1.29, 1.82) is 0 Å². The van der Waals surface area contributed by atoms with Gasteiger partial charge < -0.3 is 19.4 Å². The number of thiocarbonyl (C=S) groups is 1. The van der Waals surface area contributed by atoms with Gasteiger partial charge in [0.15, 0.2) is 5.11 Å². The number of nitrogens with zero attached hydrogens (tertiary/aromatic N) is 3. The van der Waals surface area contributed by atoms with E-state index in [1.165, 1.54) is 19.2 Å². The van der Waals surface area contributed by atoms with Gasteiger partial charge in [-0.15, -0.1) is 0 Å². The van der Waals surface area contributed by atoms with Crippen LogP contribution in [0.2, 0.25) is 0 Å². The first-order valence-corrected chi connectivity index (χ1v) is 10.7. The Morgan fingerprint density at radius 2 is 2.09 bits per heavy atom. The number of non-ortho nitro benzene ring substituents is 1. The van der Waals surface area contributed by atoms with E-state index in [9.17, 15) is 10.1 Å². The van der Waals surface area contributed by atoms with Crippen LogP contribution in [0.1, 0.15) is 37.4 Å². The van der Waals surface area contributed by atoms with Crippen LogP contribution in [0.3, 0.4) is 0 Å². The van der Waals surface area contributed by atoms with Gasteiger partial charge in [0.25, 0.3) is 5.69 Å². The van der Waals surface area contributed by atoms with E-state index >= 15 is 0 Å². The van der Waals surface area contributed by atoms with Crippen molar-refractivity contribution < 1.29 is 14.1 Å². The Morgan fingerprint density at radius 3 is 2.75 bits per heavy atom. The molecule has 0 spiro atoms. The van der Waals surface area contributed by atoms with E-state index in [0.29, 0.717) is 28.1 Å². The summed E-state index contributed by atoms with van der Waals surface area (Å²) in [5, 5.41) is 15.2. The molecule has 166 valence electrons. The highest BCUT2D eigenvalue weighted by Crippen LogP contribution is 2.42. The van der Waals surface area contributed by atoms with E-state index < -0.39 is 4.92 Å². The van der Waals surface area contributed by atoms with Gasteiger partial charge in [0.05, 0.1) is 35.4 Å². The SMILES string of the molecule is COc1cc([N+](=O)[O-])ccc1-c1ccc([C@@H]2[C@H](c3ccccn3)NC(=S)N2CC(C)C)o1. The normalized spacial score (nSPS) is 18.1. The van der Waals surface area contributed by atoms with Crippen molar-refractivity contribution in [3.63, 3.8) is 0 Å². The van der Waals surface area contributed by atoms with Gasteiger partial charge in [-0.2, -0.15) is 0 Å². The molecule has 1 saturated heterocycles. The van der Waals surface area contributed by atoms with Crippen molar-refractivity contribution in [3.8, 4) is 17.1 Å². The molecule has 2 atom stereocenters. The first-order chi connectivity index (χ1) is 15.4. The average molecular weight is 453 g/mol. The van der Waals surface area contributed by atoms with Gasteiger partial charge in [-0.1, -0.05) is 19.9 Å². The molecule has 0 amide bonds. The second-order valence-corrected chi connectivity index (χ2v) is 8.40.